The fourth-order valence-electron chi connectivity index (χ4n) is 2.09. The van der Waals surface area contributed by atoms with Gasteiger partial charge in [-0.15, -0.1) is 0 Å². The highest BCUT2D eigenvalue weighted by Crippen LogP contribution is 2.31. The maximum atomic E-state index is 12.9. The van der Waals surface area contributed by atoms with Crippen molar-refractivity contribution in [3.8, 4) is 0 Å². The lowest BCUT2D eigenvalue weighted by atomic mass is 10.2. The van der Waals surface area contributed by atoms with Crippen LogP contribution in [-0.2, 0) is 10.9 Å². The zero-order valence-corrected chi connectivity index (χ0v) is 12.1. The molecule has 5 nitrogen and oxygen atoms in total. The Balaban J connectivity index is 2.29. The number of hydrogen-bond acceptors (Lipinski definition) is 5. The SMILES string of the molecule is CCCNc1nc(N(C)C2CCOC2)cc(C(F)(F)F)n1. The minimum atomic E-state index is -4.49. The summed E-state index contributed by atoms with van der Waals surface area (Å²) in [6.45, 7) is 3.56. The summed E-state index contributed by atoms with van der Waals surface area (Å²) < 4.78 is 44.1. The van der Waals surface area contributed by atoms with E-state index in [0.717, 1.165) is 18.9 Å². The third-order valence-electron chi connectivity index (χ3n) is 3.35. The van der Waals surface area contributed by atoms with Crippen LogP contribution in [0.4, 0.5) is 24.9 Å². The highest BCUT2D eigenvalue weighted by molar-refractivity contribution is 5.46. The van der Waals surface area contributed by atoms with E-state index in [2.05, 4.69) is 15.3 Å². The van der Waals surface area contributed by atoms with Gasteiger partial charge in [0.2, 0.25) is 5.95 Å². The molecule has 0 radical (unpaired) electrons. The van der Waals surface area contributed by atoms with E-state index >= 15 is 0 Å². The molecule has 1 fully saturated rings. The van der Waals surface area contributed by atoms with E-state index in [-0.39, 0.29) is 17.8 Å². The lowest BCUT2D eigenvalue weighted by molar-refractivity contribution is -0.141. The van der Waals surface area contributed by atoms with E-state index in [1.807, 2.05) is 6.92 Å². The second-order valence-corrected chi connectivity index (χ2v) is 4.99. The lowest BCUT2D eigenvalue weighted by Crippen LogP contribution is -2.33. The summed E-state index contributed by atoms with van der Waals surface area (Å²) in [6, 6.07) is 1.02. The normalized spacial score (nSPS) is 18.8. The van der Waals surface area contributed by atoms with Gasteiger partial charge in [-0.1, -0.05) is 6.92 Å². The van der Waals surface area contributed by atoms with Crippen LogP contribution in [0.5, 0.6) is 0 Å². The number of likely N-dealkylation sites (N-methyl/N-ethyl adjacent to an activating group) is 1. The van der Waals surface area contributed by atoms with Crippen molar-refractivity contribution in [2.24, 2.45) is 0 Å². The highest BCUT2D eigenvalue weighted by Gasteiger charge is 2.34. The number of halogens is 3. The fourth-order valence-corrected chi connectivity index (χ4v) is 2.09. The van der Waals surface area contributed by atoms with Crippen LogP contribution in [0, 0.1) is 0 Å². The molecule has 1 aromatic rings. The van der Waals surface area contributed by atoms with Crippen LogP contribution >= 0.6 is 0 Å². The topological polar surface area (TPSA) is 50.3 Å². The minimum Gasteiger partial charge on any atom is -0.379 e. The monoisotopic (exact) mass is 304 g/mol. The smallest absolute Gasteiger partial charge is 0.379 e. The van der Waals surface area contributed by atoms with Crippen molar-refractivity contribution in [3.63, 3.8) is 0 Å². The number of nitrogens with zero attached hydrogens (tertiary/aromatic N) is 3. The summed E-state index contributed by atoms with van der Waals surface area (Å²) >= 11 is 0. The summed E-state index contributed by atoms with van der Waals surface area (Å²) in [7, 11) is 1.73. The second-order valence-electron chi connectivity index (χ2n) is 4.99. The van der Waals surface area contributed by atoms with Crippen LogP contribution in [0.15, 0.2) is 6.07 Å². The van der Waals surface area contributed by atoms with Gasteiger partial charge in [0.25, 0.3) is 0 Å². The number of anilines is 2. The molecule has 21 heavy (non-hydrogen) atoms. The molecule has 1 aliphatic rings. The van der Waals surface area contributed by atoms with Gasteiger partial charge >= 0.3 is 6.18 Å². The molecule has 1 aromatic heterocycles. The Hall–Kier alpha value is -1.57. The fraction of sp³-hybridized carbons (Fsp3) is 0.692. The average molecular weight is 304 g/mol. The van der Waals surface area contributed by atoms with Crippen LogP contribution in [0.3, 0.4) is 0 Å². The molecule has 1 N–H and O–H groups in total. The highest BCUT2D eigenvalue weighted by atomic mass is 19.4. The summed E-state index contributed by atoms with van der Waals surface area (Å²) in [5, 5.41) is 2.81. The number of aromatic nitrogens is 2. The summed E-state index contributed by atoms with van der Waals surface area (Å²) in [5.74, 6) is 0.263. The van der Waals surface area contributed by atoms with Gasteiger partial charge in [-0.2, -0.15) is 18.2 Å². The molecule has 2 heterocycles. The number of ether oxygens (including phenoxy) is 1. The number of hydrogen-bond donors (Lipinski definition) is 1. The first-order valence-electron chi connectivity index (χ1n) is 6.92. The largest absolute Gasteiger partial charge is 0.433 e. The zero-order chi connectivity index (χ0) is 15.5. The number of rotatable bonds is 5. The number of nitrogens with one attached hydrogen (secondary N) is 1. The maximum absolute atomic E-state index is 12.9. The third kappa shape index (κ3) is 3.96. The van der Waals surface area contributed by atoms with Crippen LogP contribution in [0.25, 0.3) is 0 Å². The third-order valence-corrected chi connectivity index (χ3v) is 3.35. The van der Waals surface area contributed by atoms with Gasteiger partial charge in [-0.3, -0.25) is 0 Å². The Morgan fingerprint density at radius 3 is 2.76 bits per heavy atom. The Morgan fingerprint density at radius 2 is 2.19 bits per heavy atom. The quantitative estimate of drug-likeness (QED) is 0.906. The Labute approximate surface area is 121 Å². The van der Waals surface area contributed by atoms with Crippen molar-refractivity contribution in [1.29, 1.82) is 0 Å². The first-order valence-corrected chi connectivity index (χ1v) is 6.92. The number of alkyl halides is 3. The molecule has 118 valence electrons. The molecule has 1 aliphatic heterocycles. The summed E-state index contributed by atoms with van der Waals surface area (Å²) in [4.78, 5) is 9.45. The Morgan fingerprint density at radius 1 is 1.43 bits per heavy atom. The van der Waals surface area contributed by atoms with Crippen molar-refractivity contribution in [2.75, 3.05) is 37.0 Å². The van der Waals surface area contributed by atoms with Crippen molar-refractivity contribution in [1.82, 2.24) is 9.97 Å². The molecule has 1 unspecified atom stereocenters. The Bertz CT molecular complexity index is 475. The van der Waals surface area contributed by atoms with E-state index < -0.39 is 11.9 Å². The molecular formula is C13H19F3N4O. The molecule has 0 aromatic carbocycles. The zero-order valence-electron chi connectivity index (χ0n) is 12.1. The van der Waals surface area contributed by atoms with E-state index in [4.69, 9.17) is 4.74 Å². The molecule has 8 heteroatoms. The first kappa shape index (κ1) is 15.8. The van der Waals surface area contributed by atoms with Crippen LogP contribution < -0.4 is 10.2 Å². The van der Waals surface area contributed by atoms with Crippen molar-refractivity contribution in [2.45, 2.75) is 32.0 Å². The van der Waals surface area contributed by atoms with Gasteiger partial charge in [-0.25, -0.2) is 4.98 Å². The van der Waals surface area contributed by atoms with Crippen molar-refractivity contribution in [3.05, 3.63) is 11.8 Å². The minimum absolute atomic E-state index is 0.00689. The maximum Gasteiger partial charge on any atom is 0.433 e. The molecule has 1 atom stereocenters. The molecule has 0 bridgehead atoms. The molecule has 2 rings (SSSR count). The predicted octanol–water partition coefficient (Wildman–Crippen LogP) is 2.54. The van der Waals surface area contributed by atoms with E-state index in [9.17, 15) is 13.2 Å². The predicted molar refractivity (Wildman–Crippen MR) is 73.4 cm³/mol. The van der Waals surface area contributed by atoms with Gasteiger partial charge in [0.05, 0.1) is 12.6 Å². The standard InChI is InChI=1S/C13H19F3N4O/c1-3-5-17-12-18-10(13(14,15)16)7-11(19-12)20(2)9-4-6-21-8-9/h7,9H,3-6,8H2,1-2H3,(H,17,18,19). The van der Waals surface area contributed by atoms with Crippen LogP contribution in [0.2, 0.25) is 0 Å². The first-order chi connectivity index (χ1) is 9.91. The van der Waals surface area contributed by atoms with E-state index in [1.54, 1.807) is 11.9 Å². The molecule has 0 amide bonds. The van der Waals surface area contributed by atoms with E-state index in [0.29, 0.717) is 19.8 Å². The Kier molecular flexibility index (Phi) is 4.87. The van der Waals surface area contributed by atoms with Gasteiger partial charge in [-0.05, 0) is 12.8 Å². The molecule has 0 saturated carbocycles. The van der Waals surface area contributed by atoms with Crippen molar-refractivity contribution >= 4 is 11.8 Å². The molecular weight excluding hydrogens is 285 g/mol. The average Bonchev–Trinajstić information content (AvgIpc) is 2.97. The van der Waals surface area contributed by atoms with Gasteiger partial charge in [0.15, 0.2) is 5.69 Å². The van der Waals surface area contributed by atoms with Crippen LogP contribution in [0.1, 0.15) is 25.5 Å². The summed E-state index contributed by atoms with van der Waals surface area (Å²) in [5.41, 5.74) is -0.933. The van der Waals surface area contributed by atoms with E-state index in [1.165, 1.54) is 0 Å². The lowest BCUT2D eigenvalue weighted by Gasteiger charge is -2.25. The van der Waals surface area contributed by atoms with Gasteiger partial charge < -0.3 is 15.0 Å². The molecule has 0 spiro atoms. The van der Waals surface area contributed by atoms with Crippen LogP contribution in [-0.4, -0.2) is 42.8 Å². The van der Waals surface area contributed by atoms with Gasteiger partial charge in [0, 0.05) is 26.3 Å². The second kappa shape index (κ2) is 6.46. The van der Waals surface area contributed by atoms with Crippen molar-refractivity contribution < 1.29 is 17.9 Å². The van der Waals surface area contributed by atoms with Gasteiger partial charge in [0.1, 0.15) is 5.82 Å². The summed E-state index contributed by atoms with van der Waals surface area (Å²) in [6.07, 6.45) is -2.94. The molecule has 0 aliphatic carbocycles. The molecule has 1 saturated heterocycles.